The Morgan fingerprint density at radius 2 is 1.76 bits per heavy atom. The molecule has 0 spiro atoms. The Kier molecular flexibility index (Phi) is 8.21. The first-order chi connectivity index (χ1) is 16.1. The monoisotopic (exact) mass is 483 g/mol. The number of amides is 1. The second-order valence-corrected chi connectivity index (χ2v) is 8.99. The van der Waals surface area contributed by atoms with E-state index in [1.54, 1.807) is 6.20 Å². The van der Waals surface area contributed by atoms with Gasteiger partial charge in [0.1, 0.15) is 12.4 Å². The van der Waals surface area contributed by atoms with Crippen LogP contribution in [-0.4, -0.2) is 42.0 Å². The molecule has 5 nitrogen and oxygen atoms in total. The summed E-state index contributed by atoms with van der Waals surface area (Å²) in [5.74, 6) is 0.744. The molecule has 1 fully saturated rings. The lowest BCUT2D eigenvalue weighted by Gasteiger charge is -2.32. The number of ether oxygens (including phenoxy) is 1. The Hall–Kier alpha value is -2.60. The van der Waals surface area contributed by atoms with Gasteiger partial charge in [-0.25, -0.2) is 0 Å². The summed E-state index contributed by atoms with van der Waals surface area (Å²) >= 11 is 12.2. The average Bonchev–Trinajstić information content (AvgIpc) is 2.85. The van der Waals surface area contributed by atoms with Crippen molar-refractivity contribution < 1.29 is 9.53 Å². The number of rotatable bonds is 8. The number of likely N-dealkylation sites (tertiary alicyclic amines) is 1. The van der Waals surface area contributed by atoms with Crippen LogP contribution in [0.4, 0.5) is 0 Å². The van der Waals surface area contributed by atoms with Gasteiger partial charge >= 0.3 is 0 Å². The minimum Gasteiger partial charge on any atom is -0.491 e. The molecular weight excluding hydrogens is 457 g/mol. The highest BCUT2D eigenvalue weighted by atomic mass is 35.5. The van der Waals surface area contributed by atoms with Gasteiger partial charge in [0.25, 0.3) is 0 Å². The maximum Gasteiger partial charge on any atom is 0.224 e. The number of pyridine rings is 1. The second kappa shape index (κ2) is 11.5. The SMILES string of the molecule is O=C(NC(c1ccc(Cl)cc1)c1ccccn1)C1CCN(CCOc2ccccc2Cl)CC1. The summed E-state index contributed by atoms with van der Waals surface area (Å²) in [7, 11) is 0. The number of carbonyl (C=O) groups is 1. The predicted molar refractivity (Wildman–Crippen MR) is 132 cm³/mol. The second-order valence-electron chi connectivity index (χ2n) is 8.14. The number of halogens is 2. The van der Waals surface area contributed by atoms with E-state index in [-0.39, 0.29) is 17.9 Å². The van der Waals surface area contributed by atoms with E-state index in [9.17, 15) is 4.79 Å². The zero-order valence-corrected chi connectivity index (χ0v) is 19.8. The summed E-state index contributed by atoms with van der Waals surface area (Å²) in [6.07, 6.45) is 3.37. The summed E-state index contributed by atoms with van der Waals surface area (Å²) < 4.78 is 5.80. The molecule has 0 saturated carbocycles. The van der Waals surface area contributed by atoms with E-state index < -0.39 is 0 Å². The van der Waals surface area contributed by atoms with Crippen molar-refractivity contribution in [3.63, 3.8) is 0 Å². The van der Waals surface area contributed by atoms with E-state index >= 15 is 0 Å². The molecule has 2 aromatic carbocycles. The fourth-order valence-electron chi connectivity index (χ4n) is 4.06. The van der Waals surface area contributed by atoms with Gasteiger partial charge in [0.2, 0.25) is 5.91 Å². The number of benzene rings is 2. The van der Waals surface area contributed by atoms with Gasteiger partial charge < -0.3 is 10.1 Å². The molecule has 1 atom stereocenters. The zero-order valence-electron chi connectivity index (χ0n) is 18.3. The Bertz CT molecular complexity index is 1040. The van der Waals surface area contributed by atoms with Crippen molar-refractivity contribution >= 4 is 29.1 Å². The summed E-state index contributed by atoms with van der Waals surface area (Å²) in [5, 5.41) is 4.51. The van der Waals surface area contributed by atoms with Crippen molar-refractivity contribution in [1.82, 2.24) is 15.2 Å². The van der Waals surface area contributed by atoms with Crippen LogP contribution in [0.1, 0.15) is 30.1 Å². The van der Waals surface area contributed by atoms with Crippen LogP contribution in [0.15, 0.2) is 72.9 Å². The third-order valence-electron chi connectivity index (χ3n) is 5.93. The minimum absolute atomic E-state index is 0.0238. The van der Waals surface area contributed by atoms with Gasteiger partial charge in [-0.2, -0.15) is 0 Å². The molecular formula is C26H27Cl2N3O2. The summed E-state index contributed by atoms with van der Waals surface area (Å²) in [6, 6.07) is 20.5. The molecule has 0 aliphatic carbocycles. The molecule has 1 saturated heterocycles. The maximum atomic E-state index is 13.1. The number of carbonyl (C=O) groups excluding carboxylic acids is 1. The third-order valence-corrected chi connectivity index (χ3v) is 6.50. The van der Waals surface area contributed by atoms with Gasteiger partial charge in [-0.1, -0.05) is 53.5 Å². The summed E-state index contributed by atoms with van der Waals surface area (Å²) in [4.78, 5) is 19.9. The van der Waals surface area contributed by atoms with Crippen LogP contribution in [0, 0.1) is 5.92 Å². The molecule has 1 amide bonds. The summed E-state index contributed by atoms with van der Waals surface area (Å²) in [5.41, 5.74) is 1.77. The molecule has 172 valence electrons. The number of hydrogen-bond acceptors (Lipinski definition) is 4. The number of nitrogens with zero attached hydrogens (tertiary/aromatic N) is 2. The normalized spacial score (nSPS) is 15.7. The molecule has 1 aliphatic rings. The first kappa shape index (κ1) is 23.6. The van der Waals surface area contributed by atoms with Crippen LogP contribution >= 0.6 is 23.2 Å². The molecule has 4 rings (SSSR count). The molecule has 3 aromatic rings. The number of hydrogen-bond donors (Lipinski definition) is 1. The predicted octanol–water partition coefficient (Wildman–Crippen LogP) is 5.39. The Morgan fingerprint density at radius 3 is 2.45 bits per heavy atom. The van der Waals surface area contributed by atoms with Crippen molar-refractivity contribution in [2.45, 2.75) is 18.9 Å². The van der Waals surface area contributed by atoms with E-state index in [2.05, 4.69) is 15.2 Å². The van der Waals surface area contributed by atoms with E-state index in [1.807, 2.05) is 66.7 Å². The van der Waals surface area contributed by atoms with E-state index in [0.717, 1.165) is 43.7 Å². The highest BCUT2D eigenvalue weighted by molar-refractivity contribution is 6.32. The van der Waals surface area contributed by atoms with Gasteiger partial charge in [0, 0.05) is 23.7 Å². The van der Waals surface area contributed by atoms with E-state index in [4.69, 9.17) is 27.9 Å². The van der Waals surface area contributed by atoms with Crippen LogP contribution in [0.2, 0.25) is 10.0 Å². The number of para-hydroxylation sites is 1. The van der Waals surface area contributed by atoms with Crippen molar-refractivity contribution in [2.24, 2.45) is 5.92 Å². The standard InChI is InChI=1S/C26H27Cl2N3O2/c27-21-10-8-19(9-11-21)25(23-6-3-4-14-29-23)30-26(32)20-12-15-31(16-13-20)17-18-33-24-7-2-1-5-22(24)28/h1-11,14,20,25H,12-13,15-18H2,(H,30,32). The van der Waals surface area contributed by atoms with Gasteiger partial charge in [-0.15, -0.1) is 0 Å². The van der Waals surface area contributed by atoms with Crippen LogP contribution in [0.25, 0.3) is 0 Å². The largest absolute Gasteiger partial charge is 0.491 e. The molecule has 1 aliphatic heterocycles. The first-order valence-corrected chi connectivity index (χ1v) is 11.9. The fourth-order valence-corrected chi connectivity index (χ4v) is 4.37. The van der Waals surface area contributed by atoms with Crippen LogP contribution in [-0.2, 0) is 4.79 Å². The molecule has 1 aromatic heterocycles. The van der Waals surface area contributed by atoms with Crippen molar-refractivity contribution in [3.8, 4) is 5.75 Å². The smallest absolute Gasteiger partial charge is 0.224 e. The van der Waals surface area contributed by atoms with Crippen molar-refractivity contribution in [1.29, 1.82) is 0 Å². The average molecular weight is 484 g/mol. The minimum atomic E-state index is -0.307. The van der Waals surface area contributed by atoms with E-state index in [0.29, 0.717) is 22.4 Å². The highest BCUT2D eigenvalue weighted by Gasteiger charge is 2.27. The lowest BCUT2D eigenvalue weighted by Crippen LogP contribution is -2.42. The van der Waals surface area contributed by atoms with Gasteiger partial charge in [-0.3, -0.25) is 14.7 Å². The first-order valence-electron chi connectivity index (χ1n) is 11.2. The molecule has 0 bridgehead atoms. The lowest BCUT2D eigenvalue weighted by molar-refractivity contribution is -0.127. The lowest BCUT2D eigenvalue weighted by atomic mass is 9.94. The number of piperidine rings is 1. The van der Waals surface area contributed by atoms with Gasteiger partial charge in [0.05, 0.1) is 16.8 Å². The molecule has 1 unspecified atom stereocenters. The third kappa shape index (κ3) is 6.47. The fraction of sp³-hybridized carbons (Fsp3) is 0.308. The van der Waals surface area contributed by atoms with Crippen molar-refractivity contribution in [2.75, 3.05) is 26.2 Å². The van der Waals surface area contributed by atoms with Crippen molar-refractivity contribution in [3.05, 3.63) is 94.2 Å². The maximum absolute atomic E-state index is 13.1. The Morgan fingerprint density at radius 1 is 1.03 bits per heavy atom. The molecule has 1 N–H and O–H groups in total. The van der Waals surface area contributed by atoms with Gasteiger partial charge in [-0.05, 0) is 67.9 Å². The van der Waals surface area contributed by atoms with Gasteiger partial charge in [0.15, 0.2) is 0 Å². The Labute approximate surface area is 204 Å². The van der Waals surface area contributed by atoms with Crippen LogP contribution in [0.5, 0.6) is 5.75 Å². The quantitative estimate of drug-likeness (QED) is 0.466. The Balaban J connectivity index is 1.30. The van der Waals surface area contributed by atoms with E-state index in [1.165, 1.54) is 0 Å². The molecule has 33 heavy (non-hydrogen) atoms. The molecule has 7 heteroatoms. The number of nitrogens with one attached hydrogen (secondary N) is 1. The zero-order chi connectivity index (χ0) is 23.0. The molecule has 2 heterocycles. The number of aromatic nitrogens is 1. The topological polar surface area (TPSA) is 54.5 Å². The van der Waals surface area contributed by atoms with Crippen LogP contribution < -0.4 is 10.1 Å². The summed E-state index contributed by atoms with van der Waals surface area (Å²) in [6.45, 7) is 3.10. The highest BCUT2D eigenvalue weighted by Crippen LogP contribution is 2.25. The van der Waals surface area contributed by atoms with Crippen LogP contribution in [0.3, 0.4) is 0 Å². The molecule has 0 radical (unpaired) electrons.